The van der Waals surface area contributed by atoms with Crippen LogP contribution in [0.3, 0.4) is 0 Å². The minimum absolute atomic E-state index is 0. The molecular weight excluding hydrogens is 395 g/mol. The molecule has 30 heavy (non-hydrogen) atoms. The Balaban J connectivity index is 0.000000567. The third kappa shape index (κ3) is 6.57. The van der Waals surface area contributed by atoms with E-state index in [-0.39, 0.29) is 54.2 Å². The maximum absolute atomic E-state index is 12.9. The second-order valence-electron chi connectivity index (χ2n) is 6.52. The quantitative estimate of drug-likeness (QED) is 0.432. The fraction of sp³-hybridized carbons (Fsp3) is 0.318. The van der Waals surface area contributed by atoms with Gasteiger partial charge in [-0.1, -0.05) is 49.7 Å². The van der Waals surface area contributed by atoms with Crippen molar-refractivity contribution in [1.82, 2.24) is 9.36 Å². The molecule has 0 saturated heterocycles. The molecule has 1 radical (unpaired) electrons. The summed E-state index contributed by atoms with van der Waals surface area (Å²) in [5.41, 5.74) is 1.80. The Kier molecular flexibility index (Phi) is 11.7. The molecule has 7 nitrogen and oxygen atoms in total. The van der Waals surface area contributed by atoms with E-state index in [1.165, 1.54) is 4.68 Å². The average molecular weight is 423 g/mol. The average Bonchev–Trinajstić information content (AvgIpc) is 3.02. The molecule has 3 aromatic rings. The first-order valence-electron chi connectivity index (χ1n) is 9.61. The molecule has 4 N–H and O–H groups in total. The summed E-state index contributed by atoms with van der Waals surface area (Å²) in [4.78, 5) is 12.9. The number of aliphatic hydroxyl groups excluding tert-OH is 3. The van der Waals surface area contributed by atoms with Crippen molar-refractivity contribution in [3.05, 3.63) is 76.6 Å². The Hall–Kier alpha value is -1.87. The number of aliphatic hydroxyl groups is 3. The van der Waals surface area contributed by atoms with Gasteiger partial charge >= 0.3 is 0 Å². The van der Waals surface area contributed by atoms with Gasteiger partial charge in [-0.05, 0) is 37.1 Å². The van der Waals surface area contributed by atoms with Crippen molar-refractivity contribution in [2.75, 3.05) is 13.2 Å². The Morgan fingerprint density at radius 3 is 1.73 bits per heavy atom. The van der Waals surface area contributed by atoms with Gasteiger partial charge in [0.2, 0.25) is 5.88 Å². The zero-order valence-corrected chi connectivity index (χ0v) is 19.5. The molecule has 157 valence electrons. The first-order valence-corrected chi connectivity index (χ1v) is 9.61. The summed E-state index contributed by atoms with van der Waals surface area (Å²) in [5, 5.41) is 34.7. The monoisotopic (exact) mass is 423 g/mol. The fourth-order valence-corrected chi connectivity index (χ4v) is 2.78. The van der Waals surface area contributed by atoms with Crippen LogP contribution in [-0.2, 0) is 6.42 Å². The van der Waals surface area contributed by atoms with Crippen molar-refractivity contribution in [3.8, 4) is 17.3 Å². The molecule has 1 aromatic heterocycles. The minimum atomic E-state index is -0.954. The summed E-state index contributed by atoms with van der Waals surface area (Å²) in [6, 6.07) is 18.8. The van der Waals surface area contributed by atoms with E-state index in [2.05, 4.69) is 6.92 Å². The van der Waals surface area contributed by atoms with E-state index >= 15 is 0 Å². The van der Waals surface area contributed by atoms with E-state index in [1.807, 2.05) is 60.7 Å². The third-order valence-corrected chi connectivity index (χ3v) is 4.32. The van der Waals surface area contributed by atoms with E-state index < -0.39 is 6.10 Å². The number of aromatic hydroxyl groups is 1. The second kappa shape index (κ2) is 13.4. The number of rotatable bonds is 7. The summed E-state index contributed by atoms with van der Waals surface area (Å²) in [7, 11) is 0. The number of nitrogens with zero attached hydrogens (tertiary/aromatic N) is 2. The van der Waals surface area contributed by atoms with Gasteiger partial charge in [0.05, 0.1) is 30.2 Å². The maximum Gasteiger partial charge on any atom is 0.278 e. The van der Waals surface area contributed by atoms with Crippen LogP contribution in [0, 0.1) is 0 Å². The van der Waals surface area contributed by atoms with Crippen molar-refractivity contribution in [2.24, 2.45) is 0 Å². The molecule has 1 heterocycles. The summed E-state index contributed by atoms with van der Waals surface area (Å²) in [6.07, 6.45) is 1.47. The number of unbranched alkanes of at least 4 members (excludes halogenated alkanes) is 1. The van der Waals surface area contributed by atoms with Gasteiger partial charge in [0, 0.05) is 29.6 Å². The van der Waals surface area contributed by atoms with Crippen molar-refractivity contribution < 1.29 is 20.4 Å². The molecule has 0 amide bonds. The molecule has 8 heteroatoms. The number of hydrogen-bond donors (Lipinski definition) is 4. The first kappa shape index (κ1) is 26.2. The number of aromatic nitrogens is 2. The van der Waals surface area contributed by atoms with Crippen molar-refractivity contribution in [3.63, 3.8) is 0 Å². The van der Waals surface area contributed by atoms with Crippen LogP contribution in [-0.4, -0.2) is 78.7 Å². The molecule has 3 rings (SSSR count). The van der Waals surface area contributed by atoms with Gasteiger partial charge in [-0.2, -0.15) is 0 Å². The van der Waals surface area contributed by atoms with Crippen LogP contribution in [0.4, 0.5) is 0 Å². The van der Waals surface area contributed by atoms with Crippen molar-refractivity contribution >= 4 is 29.6 Å². The van der Waals surface area contributed by atoms with Gasteiger partial charge in [0.1, 0.15) is 6.10 Å². The van der Waals surface area contributed by atoms with Gasteiger partial charge < -0.3 is 20.4 Å². The van der Waals surface area contributed by atoms with Gasteiger partial charge in [-0.15, -0.1) is 0 Å². The zero-order valence-electron chi connectivity index (χ0n) is 17.5. The molecular formula is C22H28N2NaO5. The van der Waals surface area contributed by atoms with Gasteiger partial charge in [-0.25, -0.2) is 9.36 Å². The van der Waals surface area contributed by atoms with Crippen molar-refractivity contribution in [2.45, 2.75) is 32.3 Å². The molecule has 0 spiro atoms. The molecule has 0 fully saturated rings. The van der Waals surface area contributed by atoms with E-state index in [9.17, 15) is 9.90 Å². The van der Waals surface area contributed by atoms with E-state index in [1.54, 1.807) is 4.68 Å². The Morgan fingerprint density at radius 1 is 0.867 bits per heavy atom. The Labute approximate surface area is 198 Å². The van der Waals surface area contributed by atoms with Crippen LogP contribution >= 0.6 is 0 Å². The smallest absolute Gasteiger partial charge is 0.278 e. The molecule has 0 bridgehead atoms. The number of hydrogen-bond acceptors (Lipinski definition) is 5. The molecule has 0 aliphatic rings. The minimum Gasteiger partial charge on any atom is -0.493 e. The summed E-state index contributed by atoms with van der Waals surface area (Å²) < 4.78 is 3.12. The van der Waals surface area contributed by atoms with Gasteiger partial charge in [0.25, 0.3) is 5.56 Å². The Bertz CT molecular complexity index is 922. The SMILES string of the molecule is CCCCc1c(O)n(-c2ccccc2)n(-c2ccccc2)c1=O.OCC(O)CO.[Na]. The number of para-hydroxylation sites is 2. The predicted molar refractivity (Wildman–Crippen MR) is 118 cm³/mol. The standard InChI is InChI=1S/C19H20N2O2.C3H8O3.Na/c1-2-3-14-17-18(22)20(15-10-6-4-7-11-15)21(19(17)23)16-12-8-5-9-13-16;4-1-3(6)2-5;/h4-13,22H,2-3,14H2,1H3;3-6H,1-2H2;. The largest absolute Gasteiger partial charge is 0.493 e. The van der Waals surface area contributed by atoms with Crippen LogP contribution in [0.25, 0.3) is 11.4 Å². The van der Waals surface area contributed by atoms with E-state index in [4.69, 9.17) is 15.3 Å². The Morgan fingerprint density at radius 2 is 1.33 bits per heavy atom. The normalized spacial score (nSPS) is 10.3. The van der Waals surface area contributed by atoms with E-state index in [0.717, 1.165) is 24.2 Å². The molecule has 2 aromatic carbocycles. The topological polar surface area (TPSA) is 108 Å². The third-order valence-electron chi connectivity index (χ3n) is 4.32. The zero-order chi connectivity index (χ0) is 21.2. The van der Waals surface area contributed by atoms with Crippen LogP contribution in [0.1, 0.15) is 25.3 Å². The molecule has 0 atom stereocenters. The van der Waals surface area contributed by atoms with Gasteiger partial charge in [-0.3, -0.25) is 4.79 Å². The summed E-state index contributed by atoms with van der Waals surface area (Å²) in [6.45, 7) is 1.34. The second-order valence-corrected chi connectivity index (χ2v) is 6.52. The molecule has 0 aliphatic carbocycles. The predicted octanol–water partition coefficient (Wildman–Crippen LogP) is 1.63. The summed E-state index contributed by atoms with van der Waals surface area (Å²) >= 11 is 0. The number of benzene rings is 2. The summed E-state index contributed by atoms with van der Waals surface area (Å²) in [5.74, 6) is 0.0264. The van der Waals surface area contributed by atoms with Crippen LogP contribution in [0.5, 0.6) is 5.88 Å². The molecule has 0 aliphatic heterocycles. The molecule has 0 unspecified atom stereocenters. The maximum atomic E-state index is 12.9. The van der Waals surface area contributed by atoms with E-state index in [0.29, 0.717) is 12.0 Å². The first-order chi connectivity index (χ1) is 14.0. The molecule has 0 saturated carbocycles. The fourth-order valence-electron chi connectivity index (χ4n) is 2.78. The van der Waals surface area contributed by atoms with Gasteiger partial charge in [0.15, 0.2) is 0 Å². The van der Waals surface area contributed by atoms with Crippen LogP contribution < -0.4 is 5.56 Å². The van der Waals surface area contributed by atoms with Crippen LogP contribution in [0.2, 0.25) is 0 Å². The van der Waals surface area contributed by atoms with Crippen molar-refractivity contribution in [1.29, 1.82) is 0 Å². The van der Waals surface area contributed by atoms with Crippen LogP contribution in [0.15, 0.2) is 65.5 Å².